The van der Waals surface area contributed by atoms with Gasteiger partial charge in [0.15, 0.2) is 0 Å². The molecule has 0 radical (unpaired) electrons. The van der Waals surface area contributed by atoms with Crippen LogP contribution in [0.15, 0.2) is 57.7 Å². The molecule has 0 spiro atoms. The number of aryl methyl sites for hydroxylation is 1. The van der Waals surface area contributed by atoms with Crippen LogP contribution in [0.25, 0.3) is 11.0 Å². The largest absolute Gasteiger partial charge is 0.497 e. The standard InChI is InChI=1S/C23H22N2O5/c1-4-23(16-6-8-17(29-3)9-7-16)21(27)25(22(28)24-23)13-15-12-20(26)30-19-11-14(2)5-10-18(15)19/h5-12H,4,13H2,1-3H3,(H,24,28)/t23-/m0/s1. The van der Waals surface area contributed by atoms with Gasteiger partial charge in [-0.2, -0.15) is 0 Å². The van der Waals surface area contributed by atoms with Crippen LogP contribution >= 0.6 is 0 Å². The van der Waals surface area contributed by atoms with Crippen molar-refractivity contribution >= 4 is 22.9 Å². The zero-order chi connectivity index (χ0) is 21.5. The molecule has 1 saturated heterocycles. The summed E-state index contributed by atoms with van der Waals surface area (Å²) in [6.07, 6.45) is 0.386. The predicted octanol–water partition coefficient (Wildman–Crippen LogP) is 3.47. The molecule has 3 amide bonds. The van der Waals surface area contributed by atoms with E-state index in [1.807, 2.05) is 26.0 Å². The van der Waals surface area contributed by atoms with E-state index in [9.17, 15) is 14.4 Å². The molecule has 1 aromatic heterocycles. The third-order valence-electron chi connectivity index (χ3n) is 5.60. The summed E-state index contributed by atoms with van der Waals surface area (Å²) in [5.41, 5.74) is 0.941. The Hall–Kier alpha value is -3.61. The summed E-state index contributed by atoms with van der Waals surface area (Å²) < 4.78 is 10.5. The number of hydrogen-bond acceptors (Lipinski definition) is 5. The lowest BCUT2D eigenvalue weighted by Gasteiger charge is -2.26. The lowest BCUT2D eigenvalue weighted by molar-refractivity contribution is -0.132. The van der Waals surface area contributed by atoms with E-state index in [1.54, 1.807) is 37.4 Å². The quantitative estimate of drug-likeness (QED) is 0.518. The normalized spacial score (nSPS) is 18.7. The van der Waals surface area contributed by atoms with Crippen LogP contribution in [0, 0.1) is 6.92 Å². The van der Waals surface area contributed by atoms with Crippen molar-refractivity contribution in [3.05, 3.63) is 75.6 Å². The van der Waals surface area contributed by atoms with Crippen LogP contribution in [0.1, 0.15) is 30.0 Å². The molecule has 4 rings (SSSR count). The second-order valence-corrected chi connectivity index (χ2v) is 7.40. The molecule has 0 aliphatic carbocycles. The van der Waals surface area contributed by atoms with Gasteiger partial charge in [-0.1, -0.05) is 31.2 Å². The number of fused-ring (bicyclic) bond motifs is 1. The molecule has 2 heterocycles. The minimum Gasteiger partial charge on any atom is -0.497 e. The van der Waals surface area contributed by atoms with Crippen LogP contribution in [0.5, 0.6) is 5.75 Å². The van der Waals surface area contributed by atoms with Gasteiger partial charge >= 0.3 is 11.7 Å². The second-order valence-electron chi connectivity index (χ2n) is 7.40. The summed E-state index contributed by atoms with van der Waals surface area (Å²) in [5.74, 6) is 0.310. The molecule has 1 aliphatic rings. The Morgan fingerprint density at radius 3 is 2.47 bits per heavy atom. The smallest absolute Gasteiger partial charge is 0.336 e. The van der Waals surface area contributed by atoms with Crippen molar-refractivity contribution in [2.24, 2.45) is 0 Å². The highest BCUT2D eigenvalue weighted by molar-refractivity contribution is 6.07. The van der Waals surface area contributed by atoms with Crippen LogP contribution < -0.4 is 15.7 Å². The molecule has 30 heavy (non-hydrogen) atoms. The number of urea groups is 1. The SMILES string of the molecule is CC[C@@]1(c2ccc(OC)cc2)NC(=O)N(Cc2cc(=O)oc3cc(C)ccc23)C1=O. The van der Waals surface area contributed by atoms with Crippen molar-refractivity contribution < 1.29 is 18.7 Å². The number of amides is 3. The van der Waals surface area contributed by atoms with Gasteiger partial charge in [0.1, 0.15) is 16.9 Å². The lowest BCUT2D eigenvalue weighted by atomic mass is 9.87. The van der Waals surface area contributed by atoms with E-state index in [4.69, 9.17) is 9.15 Å². The zero-order valence-corrected chi connectivity index (χ0v) is 17.0. The fourth-order valence-corrected chi connectivity index (χ4v) is 3.92. The number of rotatable bonds is 5. The highest BCUT2D eigenvalue weighted by atomic mass is 16.5. The van der Waals surface area contributed by atoms with Crippen LogP contribution in [0.2, 0.25) is 0 Å². The number of hydrogen-bond donors (Lipinski definition) is 1. The molecule has 1 N–H and O–H groups in total. The number of nitrogens with zero attached hydrogens (tertiary/aromatic N) is 1. The molecular weight excluding hydrogens is 384 g/mol. The van der Waals surface area contributed by atoms with Crippen LogP contribution in [0.4, 0.5) is 4.79 Å². The van der Waals surface area contributed by atoms with Gasteiger partial charge in [0.25, 0.3) is 5.91 Å². The molecule has 1 fully saturated rings. The van der Waals surface area contributed by atoms with Crippen molar-refractivity contribution in [1.29, 1.82) is 0 Å². The summed E-state index contributed by atoms with van der Waals surface area (Å²) >= 11 is 0. The molecule has 3 aromatic rings. The van der Waals surface area contributed by atoms with Crippen LogP contribution in [0.3, 0.4) is 0 Å². The Kier molecular flexibility index (Phi) is 4.81. The predicted molar refractivity (Wildman–Crippen MR) is 111 cm³/mol. The van der Waals surface area contributed by atoms with Crippen molar-refractivity contribution in [1.82, 2.24) is 10.2 Å². The minimum absolute atomic E-state index is 0.0201. The van der Waals surface area contributed by atoms with E-state index in [-0.39, 0.29) is 12.5 Å². The van der Waals surface area contributed by atoms with E-state index in [1.165, 1.54) is 6.07 Å². The summed E-state index contributed by atoms with van der Waals surface area (Å²) in [7, 11) is 1.57. The van der Waals surface area contributed by atoms with Crippen LogP contribution in [-0.2, 0) is 16.9 Å². The third-order valence-corrected chi connectivity index (χ3v) is 5.60. The Bertz CT molecular complexity index is 1200. The summed E-state index contributed by atoms with van der Waals surface area (Å²) in [6.45, 7) is 3.73. The average Bonchev–Trinajstić information content (AvgIpc) is 2.98. The fourth-order valence-electron chi connectivity index (χ4n) is 3.92. The zero-order valence-electron chi connectivity index (χ0n) is 17.0. The number of benzene rings is 2. The van der Waals surface area contributed by atoms with Gasteiger partial charge in [0, 0.05) is 11.5 Å². The number of nitrogens with one attached hydrogen (secondary N) is 1. The van der Waals surface area contributed by atoms with Crippen molar-refractivity contribution in [2.75, 3.05) is 7.11 Å². The van der Waals surface area contributed by atoms with Gasteiger partial charge < -0.3 is 14.5 Å². The summed E-state index contributed by atoms with van der Waals surface area (Å²) in [5, 5.41) is 3.55. The maximum atomic E-state index is 13.4. The fraction of sp³-hybridized carbons (Fsp3) is 0.261. The number of methoxy groups -OCH3 is 1. The van der Waals surface area contributed by atoms with E-state index in [0.717, 1.165) is 10.5 Å². The highest BCUT2D eigenvalue weighted by Gasteiger charge is 2.51. The van der Waals surface area contributed by atoms with Gasteiger partial charge in [-0.15, -0.1) is 0 Å². The van der Waals surface area contributed by atoms with Gasteiger partial charge in [-0.3, -0.25) is 9.69 Å². The number of imide groups is 1. The first-order valence-corrected chi connectivity index (χ1v) is 9.70. The monoisotopic (exact) mass is 406 g/mol. The molecule has 154 valence electrons. The van der Waals surface area contributed by atoms with Gasteiger partial charge in [-0.25, -0.2) is 9.59 Å². The molecule has 7 heteroatoms. The molecule has 1 atom stereocenters. The van der Waals surface area contributed by atoms with E-state index in [0.29, 0.717) is 34.3 Å². The molecular formula is C23H22N2O5. The van der Waals surface area contributed by atoms with Crippen molar-refractivity contribution in [3.8, 4) is 5.75 Å². The number of carbonyl (C=O) groups is 2. The molecule has 7 nitrogen and oxygen atoms in total. The topological polar surface area (TPSA) is 88.8 Å². The number of ether oxygens (including phenoxy) is 1. The number of carbonyl (C=O) groups excluding carboxylic acids is 2. The molecule has 2 aromatic carbocycles. The third kappa shape index (κ3) is 3.12. The first-order valence-electron chi connectivity index (χ1n) is 9.70. The summed E-state index contributed by atoms with van der Waals surface area (Å²) in [4.78, 5) is 39.4. The Morgan fingerprint density at radius 1 is 1.07 bits per heavy atom. The highest BCUT2D eigenvalue weighted by Crippen LogP contribution is 2.34. The maximum Gasteiger partial charge on any atom is 0.336 e. The molecule has 1 aliphatic heterocycles. The lowest BCUT2D eigenvalue weighted by Crippen LogP contribution is -2.43. The van der Waals surface area contributed by atoms with E-state index < -0.39 is 17.2 Å². The Balaban J connectivity index is 1.73. The second kappa shape index (κ2) is 7.33. The van der Waals surface area contributed by atoms with Gasteiger partial charge in [0.2, 0.25) is 0 Å². The minimum atomic E-state index is -1.16. The summed E-state index contributed by atoms with van der Waals surface area (Å²) in [6, 6.07) is 13.4. The maximum absolute atomic E-state index is 13.4. The Labute approximate surface area is 173 Å². The van der Waals surface area contributed by atoms with Crippen molar-refractivity contribution in [3.63, 3.8) is 0 Å². The van der Waals surface area contributed by atoms with E-state index in [2.05, 4.69) is 5.32 Å². The van der Waals surface area contributed by atoms with Crippen LogP contribution in [-0.4, -0.2) is 23.9 Å². The first kappa shape index (κ1) is 19.7. The van der Waals surface area contributed by atoms with E-state index >= 15 is 0 Å². The van der Waals surface area contributed by atoms with Gasteiger partial charge in [-0.05, 0) is 48.2 Å². The molecule has 0 saturated carbocycles. The average molecular weight is 406 g/mol. The van der Waals surface area contributed by atoms with Crippen molar-refractivity contribution in [2.45, 2.75) is 32.4 Å². The molecule has 0 unspecified atom stereocenters. The first-order chi connectivity index (χ1) is 14.4. The molecule has 0 bridgehead atoms. The Morgan fingerprint density at radius 2 is 1.80 bits per heavy atom. The van der Waals surface area contributed by atoms with Gasteiger partial charge in [0.05, 0.1) is 13.7 Å².